The summed E-state index contributed by atoms with van der Waals surface area (Å²) in [4.78, 5) is 26.0. The molecule has 0 aliphatic rings. The molecule has 0 radical (unpaired) electrons. The van der Waals surface area contributed by atoms with Gasteiger partial charge in [0.15, 0.2) is 6.79 Å². The third-order valence-electron chi connectivity index (χ3n) is 6.75. The maximum absolute atomic E-state index is 13.4. The molecular weight excluding hydrogens is 456 g/mol. The average Bonchev–Trinajstić information content (AvgIpc) is 2.86. The summed E-state index contributed by atoms with van der Waals surface area (Å²) in [5.74, 6) is 0.286. The van der Waals surface area contributed by atoms with Crippen molar-refractivity contribution in [2.45, 2.75) is 55.1 Å². The second-order valence-electron chi connectivity index (χ2n) is 9.02. The largest absolute Gasteiger partial charge is 0.489 e. The lowest BCUT2D eigenvalue weighted by Gasteiger charge is -2.21. The fourth-order valence-electron chi connectivity index (χ4n) is 4.31. The van der Waals surface area contributed by atoms with E-state index in [1.165, 1.54) is 7.11 Å². The van der Waals surface area contributed by atoms with Crippen molar-refractivity contribution in [2.24, 2.45) is 0 Å². The molecule has 0 bridgehead atoms. The summed E-state index contributed by atoms with van der Waals surface area (Å²) in [6, 6.07) is 11.8. The molecule has 0 aliphatic carbocycles. The standard InChI is InChI=1S/C30H34O6/c1-17-14-25(34-15-24-12-10-9-11-13-24)18(2)19(3)26(17)30(32)36-28-22(6)20(4)27(21(5)23(28)7)29(31)35-16-33-8/h9-14H,15-16H2,1-8H3. The van der Waals surface area contributed by atoms with Gasteiger partial charge in [-0.25, -0.2) is 9.59 Å². The molecule has 0 aliphatic heterocycles. The highest BCUT2D eigenvalue weighted by molar-refractivity contribution is 5.97. The SMILES string of the molecule is COCOC(=O)c1c(C)c(C)c(OC(=O)c2c(C)cc(OCc3ccccc3)c(C)c2C)c(C)c1C. The molecule has 190 valence electrons. The van der Waals surface area contributed by atoms with Gasteiger partial charge in [-0.1, -0.05) is 30.3 Å². The Morgan fingerprint density at radius 2 is 1.31 bits per heavy atom. The Morgan fingerprint density at radius 3 is 1.89 bits per heavy atom. The summed E-state index contributed by atoms with van der Waals surface area (Å²) in [5.41, 5.74) is 7.36. The van der Waals surface area contributed by atoms with Crippen molar-refractivity contribution in [1.29, 1.82) is 0 Å². The van der Waals surface area contributed by atoms with Crippen LogP contribution >= 0.6 is 0 Å². The van der Waals surface area contributed by atoms with Crippen LogP contribution in [0.15, 0.2) is 36.4 Å². The van der Waals surface area contributed by atoms with Crippen LogP contribution in [0.4, 0.5) is 0 Å². The van der Waals surface area contributed by atoms with Crippen LogP contribution in [0.1, 0.15) is 65.2 Å². The van der Waals surface area contributed by atoms with E-state index in [9.17, 15) is 9.59 Å². The highest BCUT2D eigenvalue weighted by Crippen LogP contribution is 2.35. The molecule has 3 aromatic carbocycles. The Kier molecular flexibility index (Phi) is 8.53. The molecule has 0 atom stereocenters. The van der Waals surface area contributed by atoms with E-state index in [-0.39, 0.29) is 6.79 Å². The summed E-state index contributed by atoms with van der Waals surface area (Å²) < 4.78 is 22.1. The topological polar surface area (TPSA) is 71.1 Å². The first-order chi connectivity index (χ1) is 17.1. The lowest BCUT2D eigenvalue weighted by atomic mass is 9.92. The van der Waals surface area contributed by atoms with E-state index < -0.39 is 11.9 Å². The molecule has 0 saturated carbocycles. The van der Waals surface area contributed by atoms with Crippen molar-refractivity contribution in [3.05, 3.63) is 92.0 Å². The summed E-state index contributed by atoms with van der Waals surface area (Å²) in [5, 5.41) is 0. The lowest BCUT2D eigenvalue weighted by Crippen LogP contribution is -2.18. The third kappa shape index (κ3) is 5.44. The molecule has 0 heterocycles. The van der Waals surface area contributed by atoms with E-state index in [4.69, 9.17) is 18.9 Å². The number of hydrogen-bond donors (Lipinski definition) is 0. The quantitative estimate of drug-likeness (QED) is 0.207. The van der Waals surface area contributed by atoms with Gasteiger partial charge >= 0.3 is 11.9 Å². The third-order valence-corrected chi connectivity index (χ3v) is 6.75. The van der Waals surface area contributed by atoms with Crippen LogP contribution in [0.2, 0.25) is 0 Å². The molecule has 0 unspecified atom stereocenters. The highest BCUT2D eigenvalue weighted by Gasteiger charge is 2.25. The van der Waals surface area contributed by atoms with Crippen LogP contribution in [-0.4, -0.2) is 25.8 Å². The first kappa shape index (κ1) is 27.0. The van der Waals surface area contributed by atoms with Gasteiger partial charge in [-0.3, -0.25) is 0 Å². The van der Waals surface area contributed by atoms with Crippen LogP contribution in [0.3, 0.4) is 0 Å². The van der Waals surface area contributed by atoms with Gasteiger partial charge in [0.05, 0.1) is 11.1 Å². The average molecular weight is 491 g/mol. The van der Waals surface area contributed by atoms with Crippen molar-refractivity contribution < 1.29 is 28.5 Å². The summed E-state index contributed by atoms with van der Waals surface area (Å²) in [6.45, 7) is 13.4. The minimum atomic E-state index is -0.468. The van der Waals surface area contributed by atoms with Crippen molar-refractivity contribution >= 4 is 11.9 Å². The Morgan fingerprint density at radius 1 is 0.722 bits per heavy atom. The monoisotopic (exact) mass is 490 g/mol. The van der Waals surface area contributed by atoms with Gasteiger partial charge in [-0.2, -0.15) is 0 Å². The van der Waals surface area contributed by atoms with Gasteiger partial charge in [-0.05, 0) is 99.0 Å². The molecule has 3 rings (SSSR count). The predicted molar refractivity (Wildman–Crippen MR) is 139 cm³/mol. The lowest BCUT2D eigenvalue weighted by molar-refractivity contribution is -0.0126. The first-order valence-corrected chi connectivity index (χ1v) is 11.8. The molecule has 0 aromatic heterocycles. The number of aryl methyl sites for hydroxylation is 1. The van der Waals surface area contributed by atoms with Crippen LogP contribution in [-0.2, 0) is 16.1 Å². The molecular formula is C30H34O6. The molecule has 3 aromatic rings. The minimum absolute atomic E-state index is 0.129. The first-order valence-electron chi connectivity index (χ1n) is 11.8. The number of benzene rings is 3. The number of carbonyl (C=O) groups is 2. The minimum Gasteiger partial charge on any atom is -0.489 e. The molecule has 0 spiro atoms. The second kappa shape index (κ2) is 11.4. The summed E-state index contributed by atoms with van der Waals surface area (Å²) >= 11 is 0. The maximum Gasteiger partial charge on any atom is 0.344 e. The number of carbonyl (C=O) groups excluding carboxylic acids is 2. The second-order valence-corrected chi connectivity index (χ2v) is 9.02. The Balaban J connectivity index is 1.91. The molecule has 0 saturated heterocycles. The number of methoxy groups -OCH3 is 1. The van der Waals surface area contributed by atoms with E-state index in [0.717, 1.165) is 28.0 Å². The summed E-state index contributed by atoms with van der Waals surface area (Å²) in [7, 11) is 1.46. The fourth-order valence-corrected chi connectivity index (χ4v) is 4.31. The Labute approximate surface area is 213 Å². The van der Waals surface area contributed by atoms with Crippen molar-refractivity contribution in [3.63, 3.8) is 0 Å². The van der Waals surface area contributed by atoms with Gasteiger partial charge in [-0.15, -0.1) is 0 Å². The van der Waals surface area contributed by atoms with Crippen LogP contribution in [0.5, 0.6) is 11.5 Å². The van der Waals surface area contributed by atoms with Gasteiger partial charge in [0.1, 0.15) is 18.1 Å². The van der Waals surface area contributed by atoms with Crippen LogP contribution in [0.25, 0.3) is 0 Å². The van der Waals surface area contributed by atoms with E-state index in [1.54, 1.807) is 0 Å². The van der Waals surface area contributed by atoms with Gasteiger partial charge in [0.2, 0.25) is 0 Å². The molecule has 36 heavy (non-hydrogen) atoms. The Bertz CT molecular complexity index is 1260. The van der Waals surface area contributed by atoms with Gasteiger partial charge < -0.3 is 18.9 Å². The fraction of sp³-hybridized carbons (Fsp3) is 0.333. The molecule has 6 nitrogen and oxygen atoms in total. The molecule has 0 amide bonds. The Hall–Kier alpha value is -3.64. The van der Waals surface area contributed by atoms with E-state index >= 15 is 0 Å². The molecule has 0 fully saturated rings. The van der Waals surface area contributed by atoms with Crippen molar-refractivity contribution in [1.82, 2.24) is 0 Å². The van der Waals surface area contributed by atoms with Crippen molar-refractivity contribution in [2.75, 3.05) is 13.9 Å². The smallest absolute Gasteiger partial charge is 0.344 e. The predicted octanol–water partition coefficient (Wildman–Crippen LogP) is 6.40. The number of esters is 2. The van der Waals surface area contributed by atoms with E-state index in [2.05, 4.69) is 0 Å². The van der Waals surface area contributed by atoms with E-state index in [1.807, 2.05) is 84.9 Å². The zero-order valence-electron chi connectivity index (χ0n) is 22.3. The number of rotatable bonds is 8. The number of ether oxygens (including phenoxy) is 4. The van der Waals surface area contributed by atoms with Crippen LogP contribution in [0, 0.1) is 48.5 Å². The van der Waals surface area contributed by atoms with Gasteiger partial charge in [0.25, 0.3) is 0 Å². The normalized spacial score (nSPS) is 10.8. The molecule has 6 heteroatoms. The zero-order chi connectivity index (χ0) is 26.6. The van der Waals surface area contributed by atoms with E-state index in [0.29, 0.717) is 45.7 Å². The molecule has 0 N–H and O–H groups in total. The highest BCUT2D eigenvalue weighted by atomic mass is 16.7. The van der Waals surface area contributed by atoms with Crippen molar-refractivity contribution in [3.8, 4) is 11.5 Å². The maximum atomic E-state index is 13.4. The van der Waals surface area contributed by atoms with Crippen LogP contribution < -0.4 is 9.47 Å². The zero-order valence-corrected chi connectivity index (χ0v) is 22.3. The van der Waals surface area contributed by atoms with Gasteiger partial charge in [0, 0.05) is 7.11 Å². The number of hydrogen-bond acceptors (Lipinski definition) is 6. The summed E-state index contributed by atoms with van der Waals surface area (Å²) in [6.07, 6.45) is 0.